The predicted octanol–water partition coefficient (Wildman–Crippen LogP) is -3.62. The summed E-state index contributed by atoms with van der Waals surface area (Å²) in [7, 11) is 0. The fourth-order valence-electron chi connectivity index (χ4n) is 4.02. The van der Waals surface area contributed by atoms with Gasteiger partial charge in [-0.1, -0.05) is 18.2 Å². The molecule has 15 N–H and O–H groups in total. The number of aliphatic carboxylic acids is 1. The Hall–Kier alpha value is -5.19. The van der Waals surface area contributed by atoms with Gasteiger partial charge in [-0.3, -0.25) is 29.0 Å². The number of nitrogens with two attached hydrogens (primary N) is 5. The molecule has 0 fully saturated rings. The van der Waals surface area contributed by atoms with Gasteiger partial charge in [0, 0.05) is 30.1 Å². The summed E-state index contributed by atoms with van der Waals surface area (Å²) in [5.41, 5.74) is 28.3. The SMILES string of the molecule is NC(=O)CC(NC(=O)C(CC(N)=O)NC(=O)C(Cc1c[nH]c2ccccc12)NC(=O)C(N)CCCN=C(N)N)C(=O)O. The van der Waals surface area contributed by atoms with E-state index >= 15 is 0 Å². The van der Waals surface area contributed by atoms with Gasteiger partial charge in [0.2, 0.25) is 29.5 Å². The van der Waals surface area contributed by atoms with Crippen LogP contribution >= 0.6 is 0 Å². The van der Waals surface area contributed by atoms with Crippen molar-refractivity contribution in [3.05, 3.63) is 36.0 Å². The number of fused-ring (bicyclic) bond motifs is 1. The predicted molar refractivity (Wildman–Crippen MR) is 151 cm³/mol. The van der Waals surface area contributed by atoms with Crippen LogP contribution in [0.3, 0.4) is 0 Å². The fraction of sp³-hybridized carbons (Fsp3) is 0.400. The third-order valence-electron chi connectivity index (χ3n) is 6.09. The highest BCUT2D eigenvalue weighted by atomic mass is 16.4. The van der Waals surface area contributed by atoms with Crippen LogP contribution in [0.5, 0.6) is 0 Å². The minimum atomic E-state index is -1.72. The van der Waals surface area contributed by atoms with Crippen molar-refractivity contribution >= 4 is 52.4 Å². The van der Waals surface area contributed by atoms with E-state index in [0.29, 0.717) is 12.0 Å². The van der Waals surface area contributed by atoms with Crippen molar-refractivity contribution in [1.82, 2.24) is 20.9 Å². The van der Waals surface area contributed by atoms with Crippen LogP contribution in [0.4, 0.5) is 0 Å². The Morgan fingerprint density at radius 1 is 0.833 bits per heavy atom. The molecule has 0 aliphatic rings. The maximum atomic E-state index is 13.4. The molecule has 0 aliphatic heterocycles. The van der Waals surface area contributed by atoms with Gasteiger partial charge in [0.25, 0.3) is 0 Å². The maximum Gasteiger partial charge on any atom is 0.326 e. The second-order valence-corrected chi connectivity index (χ2v) is 9.48. The van der Waals surface area contributed by atoms with E-state index in [9.17, 15) is 33.9 Å². The number of nitrogens with zero attached hydrogens (tertiary/aromatic N) is 1. The van der Waals surface area contributed by atoms with Gasteiger partial charge in [-0.05, 0) is 24.5 Å². The lowest BCUT2D eigenvalue weighted by molar-refractivity contribution is -0.144. The van der Waals surface area contributed by atoms with Crippen molar-refractivity contribution in [1.29, 1.82) is 0 Å². The molecular weight excluding hydrogens is 552 g/mol. The first-order chi connectivity index (χ1) is 19.8. The molecule has 0 bridgehead atoms. The lowest BCUT2D eigenvalue weighted by atomic mass is 10.0. The maximum absolute atomic E-state index is 13.4. The first-order valence-electron chi connectivity index (χ1n) is 12.8. The number of H-pyrrole nitrogens is 1. The van der Waals surface area contributed by atoms with Crippen LogP contribution in [0.15, 0.2) is 35.5 Å². The fourth-order valence-corrected chi connectivity index (χ4v) is 4.02. The minimum absolute atomic E-state index is 0.0490. The first kappa shape index (κ1) is 33.0. The van der Waals surface area contributed by atoms with Crippen molar-refractivity contribution in [3.63, 3.8) is 0 Å². The molecule has 1 aromatic carbocycles. The molecular formula is C25H36N10O7. The monoisotopic (exact) mass is 588 g/mol. The number of guanidine groups is 1. The molecule has 228 valence electrons. The average Bonchev–Trinajstić information content (AvgIpc) is 3.31. The summed E-state index contributed by atoms with van der Waals surface area (Å²) >= 11 is 0. The molecule has 0 radical (unpaired) electrons. The van der Waals surface area contributed by atoms with E-state index in [-0.39, 0.29) is 25.3 Å². The van der Waals surface area contributed by atoms with Crippen LogP contribution in [0.2, 0.25) is 0 Å². The van der Waals surface area contributed by atoms with Crippen molar-refractivity contribution in [3.8, 4) is 0 Å². The number of carboxylic acids is 1. The standard InChI is InChI=1S/C25H36N10O7/c26-14(5-3-7-31-25(29)30)21(38)33-16(8-12-11-32-15-6-2-1-4-13(12)15)22(39)34-17(9-19(27)36)23(40)35-18(24(41)42)10-20(28)37/h1-2,4,6,11,14,16-18,32H,3,5,7-10,26H2,(H2,27,36)(H2,28,37)(H,33,38)(H,34,39)(H,35,40)(H,41,42)(H4,29,30,31). The van der Waals surface area contributed by atoms with E-state index in [1.807, 2.05) is 18.2 Å². The summed E-state index contributed by atoms with van der Waals surface area (Å²) in [6.45, 7) is 0.236. The van der Waals surface area contributed by atoms with Crippen LogP contribution in [0.1, 0.15) is 31.2 Å². The van der Waals surface area contributed by atoms with Gasteiger partial charge in [-0.15, -0.1) is 0 Å². The summed E-state index contributed by atoms with van der Waals surface area (Å²) in [5.74, 6) is -6.34. The molecule has 5 amide bonds. The summed E-state index contributed by atoms with van der Waals surface area (Å²) in [6, 6.07) is 1.54. The number of hydrogen-bond acceptors (Lipinski definition) is 8. The molecule has 2 aromatic rings. The number of rotatable bonds is 17. The lowest BCUT2D eigenvalue weighted by Crippen LogP contribution is -2.58. The van der Waals surface area contributed by atoms with Gasteiger partial charge in [0.15, 0.2) is 5.96 Å². The van der Waals surface area contributed by atoms with Crippen molar-refractivity contribution in [2.75, 3.05) is 6.54 Å². The summed E-state index contributed by atoms with van der Waals surface area (Å²) in [6.07, 6.45) is 0.723. The first-order valence-corrected chi connectivity index (χ1v) is 12.8. The molecule has 1 heterocycles. The Morgan fingerprint density at radius 3 is 2.02 bits per heavy atom. The highest BCUT2D eigenvalue weighted by Gasteiger charge is 2.32. The molecule has 42 heavy (non-hydrogen) atoms. The van der Waals surface area contributed by atoms with Crippen LogP contribution in [0, 0.1) is 0 Å². The van der Waals surface area contributed by atoms with Crippen LogP contribution in [0.25, 0.3) is 10.9 Å². The van der Waals surface area contributed by atoms with E-state index in [1.54, 1.807) is 12.3 Å². The molecule has 0 aliphatic carbocycles. The summed E-state index contributed by atoms with van der Waals surface area (Å²) < 4.78 is 0. The number of nitrogens with one attached hydrogen (secondary N) is 4. The Kier molecular flexibility index (Phi) is 12.2. The number of carbonyl (C=O) groups is 6. The topological polar surface area (TPSA) is 317 Å². The van der Waals surface area contributed by atoms with Gasteiger partial charge < -0.3 is 54.7 Å². The number of carboxylic acid groups (broad SMARTS) is 1. The number of aromatic nitrogens is 1. The van der Waals surface area contributed by atoms with E-state index in [0.717, 1.165) is 10.9 Å². The largest absolute Gasteiger partial charge is 0.480 e. The number of primary amides is 2. The van der Waals surface area contributed by atoms with Gasteiger partial charge in [0.05, 0.1) is 18.9 Å². The minimum Gasteiger partial charge on any atom is -0.480 e. The molecule has 0 spiro atoms. The number of carbonyl (C=O) groups excluding carboxylic acids is 5. The average molecular weight is 589 g/mol. The third kappa shape index (κ3) is 10.4. The number of para-hydroxylation sites is 1. The Bertz CT molecular complexity index is 1340. The van der Waals surface area contributed by atoms with E-state index in [1.165, 1.54) is 0 Å². The number of amides is 5. The highest BCUT2D eigenvalue weighted by Crippen LogP contribution is 2.19. The molecule has 2 rings (SSSR count). The van der Waals surface area contributed by atoms with E-state index < -0.39 is 72.5 Å². The molecule has 4 unspecified atom stereocenters. The normalized spacial score (nSPS) is 13.6. The smallest absolute Gasteiger partial charge is 0.326 e. The molecule has 0 saturated carbocycles. The zero-order chi connectivity index (χ0) is 31.4. The summed E-state index contributed by atoms with van der Waals surface area (Å²) in [5, 5.41) is 17.1. The van der Waals surface area contributed by atoms with Gasteiger partial charge in [-0.25, -0.2) is 4.79 Å². The second-order valence-electron chi connectivity index (χ2n) is 9.48. The van der Waals surface area contributed by atoms with Crippen molar-refractivity contribution in [2.24, 2.45) is 33.7 Å². The van der Waals surface area contributed by atoms with Gasteiger partial charge in [-0.2, -0.15) is 0 Å². The second kappa shape index (κ2) is 15.6. The van der Waals surface area contributed by atoms with E-state index in [2.05, 4.69) is 25.9 Å². The van der Waals surface area contributed by atoms with Crippen LogP contribution < -0.4 is 44.6 Å². The Morgan fingerprint density at radius 2 is 1.40 bits per heavy atom. The zero-order valence-electron chi connectivity index (χ0n) is 22.7. The van der Waals surface area contributed by atoms with Gasteiger partial charge in [0.1, 0.15) is 18.1 Å². The summed E-state index contributed by atoms with van der Waals surface area (Å²) in [4.78, 5) is 80.5. The molecule has 17 heteroatoms. The van der Waals surface area contributed by atoms with Crippen LogP contribution in [-0.4, -0.2) is 82.3 Å². The number of hydrogen-bond donors (Lipinski definition) is 10. The molecule has 1 aromatic heterocycles. The van der Waals surface area contributed by atoms with Crippen molar-refractivity contribution < 1.29 is 33.9 Å². The quantitative estimate of drug-likeness (QED) is 0.0491. The van der Waals surface area contributed by atoms with E-state index in [4.69, 9.17) is 28.7 Å². The highest BCUT2D eigenvalue weighted by molar-refractivity contribution is 5.97. The van der Waals surface area contributed by atoms with Crippen molar-refractivity contribution in [2.45, 2.75) is 56.3 Å². The number of benzene rings is 1. The lowest BCUT2D eigenvalue weighted by Gasteiger charge is -2.24. The third-order valence-corrected chi connectivity index (χ3v) is 6.09. The van der Waals surface area contributed by atoms with Crippen LogP contribution in [-0.2, 0) is 35.2 Å². The Balaban J connectivity index is 2.28. The molecule has 17 nitrogen and oxygen atoms in total. The molecule has 4 atom stereocenters. The zero-order valence-corrected chi connectivity index (χ0v) is 22.7. The van der Waals surface area contributed by atoms with Gasteiger partial charge >= 0.3 is 5.97 Å². The number of aromatic amines is 1. The number of aliphatic imine (C=N–C) groups is 1. The Labute approximate surface area is 240 Å². The molecule has 0 saturated heterocycles.